The Labute approximate surface area is 155 Å². The van der Waals surface area contributed by atoms with Crippen molar-refractivity contribution in [3.8, 4) is 0 Å². The third-order valence-corrected chi connectivity index (χ3v) is 4.06. The lowest BCUT2D eigenvalue weighted by molar-refractivity contribution is -0.140. The van der Waals surface area contributed by atoms with E-state index in [1.165, 1.54) is 0 Å². The molecule has 6 heteroatoms. The summed E-state index contributed by atoms with van der Waals surface area (Å²) in [6, 6.07) is 6.77. The Balaban J connectivity index is 2.60. The molecule has 0 aromatic heterocycles. The summed E-state index contributed by atoms with van der Waals surface area (Å²) in [4.78, 5) is 26.3. The molecule has 0 aliphatic heterocycles. The molecule has 5 nitrogen and oxygen atoms in total. The molecule has 25 heavy (non-hydrogen) atoms. The van der Waals surface area contributed by atoms with E-state index < -0.39 is 6.04 Å². The van der Waals surface area contributed by atoms with Gasteiger partial charge in [0.2, 0.25) is 11.8 Å². The maximum Gasteiger partial charge on any atom is 0.242 e. The van der Waals surface area contributed by atoms with Gasteiger partial charge in [0.25, 0.3) is 0 Å². The molecule has 1 atom stereocenters. The lowest BCUT2D eigenvalue weighted by atomic mass is 10.1. The average Bonchev–Trinajstić information content (AvgIpc) is 2.59. The van der Waals surface area contributed by atoms with Crippen LogP contribution in [-0.4, -0.2) is 42.0 Å². The number of hydrogen-bond acceptors (Lipinski definition) is 3. The number of amides is 2. The minimum absolute atomic E-state index is 0.0549. The predicted octanol–water partition coefficient (Wildman–Crippen LogP) is 3.40. The minimum atomic E-state index is -0.533. The third kappa shape index (κ3) is 7.88. The molecular weight excluding hydrogens is 340 g/mol. The van der Waals surface area contributed by atoms with Crippen molar-refractivity contribution in [1.82, 2.24) is 10.2 Å². The number of rotatable bonds is 10. The SMILES string of the molecule is CCC(=O)N(Cc1ccc(Cl)cc1)C(C)C(=O)NCCCOC(C)C. The van der Waals surface area contributed by atoms with E-state index in [0.717, 1.165) is 12.0 Å². The first-order chi connectivity index (χ1) is 11.8. The molecule has 2 amide bonds. The molecule has 0 spiro atoms. The molecule has 0 bridgehead atoms. The number of halogens is 1. The summed E-state index contributed by atoms with van der Waals surface area (Å²) in [6.45, 7) is 9.03. The maximum atomic E-state index is 12.4. The first kappa shape index (κ1) is 21.5. The fourth-order valence-corrected chi connectivity index (χ4v) is 2.45. The third-order valence-electron chi connectivity index (χ3n) is 3.81. The average molecular weight is 369 g/mol. The fraction of sp³-hybridized carbons (Fsp3) is 0.579. The van der Waals surface area contributed by atoms with Crippen LogP contribution in [-0.2, 0) is 20.9 Å². The number of benzene rings is 1. The number of hydrogen-bond donors (Lipinski definition) is 1. The van der Waals surface area contributed by atoms with E-state index in [2.05, 4.69) is 5.32 Å². The Morgan fingerprint density at radius 2 is 1.84 bits per heavy atom. The molecule has 0 saturated carbocycles. The van der Waals surface area contributed by atoms with Crippen LogP contribution in [0.1, 0.15) is 46.1 Å². The van der Waals surface area contributed by atoms with Gasteiger partial charge >= 0.3 is 0 Å². The molecule has 0 radical (unpaired) electrons. The predicted molar refractivity (Wildman–Crippen MR) is 100 cm³/mol. The highest BCUT2D eigenvalue weighted by Crippen LogP contribution is 2.14. The molecule has 1 N–H and O–H groups in total. The minimum Gasteiger partial charge on any atom is -0.379 e. The Morgan fingerprint density at radius 1 is 1.20 bits per heavy atom. The van der Waals surface area contributed by atoms with E-state index in [4.69, 9.17) is 16.3 Å². The zero-order valence-corrected chi connectivity index (χ0v) is 16.3. The first-order valence-corrected chi connectivity index (χ1v) is 9.16. The molecule has 1 aromatic rings. The van der Waals surface area contributed by atoms with Gasteiger partial charge in [-0.05, 0) is 44.9 Å². The lowest BCUT2D eigenvalue weighted by Gasteiger charge is -2.28. The highest BCUT2D eigenvalue weighted by atomic mass is 35.5. The summed E-state index contributed by atoms with van der Waals surface area (Å²) in [5.41, 5.74) is 0.941. The van der Waals surface area contributed by atoms with Crippen LogP contribution in [0.25, 0.3) is 0 Å². The van der Waals surface area contributed by atoms with Gasteiger partial charge in [-0.1, -0.05) is 30.7 Å². The van der Waals surface area contributed by atoms with Crippen LogP contribution in [0.15, 0.2) is 24.3 Å². The van der Waals surface area contributed by atoms with Gasteiger partial charge in [0.1, 0.15) is 6.04 Å². The topological polar surface area (TPSA) is 58.6 Å². The standard InChI is InChI=1S/C19H29ClN2O3/c1-5-18(23)22(13-16-7-9-17(20)10-8-16)15(4)19(24)21-11-6-12-25-14(2)3/h7-10,14-15H,5-6,11-13H2,1-4H3,(H,21,24). The van der Waals surface area contributed by atoms with Gasteiger partial charge in [-0.15, -0.1) is 0 Å². The number of ether oxygens (including phenoxy) is 1. The first-order valence-electron chi connectivity index (χ1n) is 8.78. The van der Waals surface area contributed by atoms with E-state index in [-0.39, 0.29) is 17.9 Å². The quantitative estimate of drug-likeness (QED) is 0.644. The number of carbonyl (C=O) groups excluding carboxylic acids is 2. The molecule has 0 saturated heterocycles. The van der Waals surface area contributed by atoms with Crippen LogP contribution in [0.2, 0.25) is 5.02 Å². The number of nitrogens with one attached hydrogen (secondary N) is 1. The molecule has 0 aliphatic rings. The summed E-state index contributed by atoms with van der Waals surface area (Å²) >= 11 is 5.90. The van der Waals surface area contributed by atoms with Crippen LogP contribution in [0.5, 0.6) is 0 Å². The second-order valence-electron chi connectivity index (χ2n) is 6.24. The van der Waals surface area contributed by atoms with Crippen molar-refractivity contribution >= 4 is 23.4 Å². The van der Waals surface area contributed by atoms with E-state index in [1.807, 2.05) is 26.0 Å². The van der Waals surface area contributed by atoms with Gasteiger partial charge in [0, 0.05) is 31.1 Å². The van der Waals surface area contributed by atoms with Crippen molar-refractivity contribution in [1.29, 1.82) is 0 Å². The van der Waals surface area contributed by atoms with E-state index in [9.17, 15) is 9.59 Å². The molecular formula is C19H29ClN2O3. The molecule has 1 unspecified atom stereocenters. The molecule has 0 heterocycles. The van der Waals surface area contributed by atoms with Crippen molar-refractivity contribution in [2.45, 2.75) is 59.2 Å². The van der Waals surface area contributed by atoms with Gasteiger partial charge in [0.05, 0.1) is 6.10 Å². The summed E-state index contributed by atoms with van der Waals surface area (Å²) in [6.07, 6.45) is 1.29. The summed E-state index contributed by atoms with van der Waals surface area (Å²) in [5.74, 6) is -0.207. The van der Waals surface area contributed by atoms with Crippen LogP contribution in [0.3, 0.4) is 0 Å². The van der Waals surface area contributed by atoms with Crippen molar-refractivity contribution in [3.63, 3.8) is 0 Å². The van der Waals surface area contributed by atoms with E-state index in [1.54, 1.807) is 30.9 Å². The Kier molecular flexibility index (Phi) is 9.53. The molecule has 0 fully saturated rings. The van der Waals surface area contributed by atoms with Crippen molar-refractivity contribution in [3.05, 3.63) is 34.9 Å². The van der Waals surface area contributed by atoms with Crippen molar-refractivity contribution < 1.29 is 14.3 Å². The zero-order chi connectivity index (χ0) is 18.8. The fourth-order valence-electron chi connectivity index (χ4n) is 2.32. The second kappa shape index (κ2) is 11.1. The smallest absolute Gasteiger partial charge is 0.242 e. The molecule has 1 rings (SSSR count). The van der Waals surface area contributed by atoms with Gasteiger partial charge < -0.3 is 15.0 Å². The maximum absolute atomic E-state index is 12.4. The molecule has 0 aliphatic carbocycles. The van der Waals surface area contributed by atoms with Gasteiger partial charge in [0.15, 0.2) is 0 Å². The zero-order valence-electron chi connectivity index (χ0n) is 15.5. The van der Waals surface area contributed by atoms with Crippen LogP contribution < -0.4 is 5.32 Å². The van der Waals surface area contributed by atoms with Crippen LogP contribution >= 0.6 is 11.6 Å². The van der Waals surface area contributed by atoms with Crippen LogP contribution in [0.4, 0.5) is 0 Å². The van der Waals surface area contributed by atoms with Crippen LogP contribution in [0, 0.1) is 0 Å². The molecule has 140 valence electrons. The normalized spacial score (nSPS) is 12.1. The number of carbonyl (C=O) groups is 2. The highest BCUT2D eigenvalue weighted by Gasteiger charge is 2.24. The van der Waals surface area contributed by atoms with Gasteiger partial charge in [-0.25, -0.2) is 0 Å². The molecule has 1 aromatic carbocycles. The Morgan fingerprint density at radius 3 is 2.40 bits per heavy atom. The van der Waals surface area contributed by atoms with E-state index >= 15 is 0 Å². The monoisotopic (exact) mass is 368 g/mol. The highest BCUT2D eigenvalue weighted by molar-refractivity contribution is 6.30. The summed E-state index contributed by atoms with van der Waals surface area (Å²) < 4.78 is 5.45. The largest absolute Gasteiger partial charge is 0.379 e. The lowest BCUT2D eigenvalue weighted by Crippen LogP contribution is -2.47. The number of nitrogens with zero attached hydrogens (tertiary/aromatic N) is 1. The Bertz CT molecular complexity index is 546. The van der Waals surface area contributed by atoms with Crippen molar-refractivity contribution in [2.24, 2.45) is 0 Å². The second-order valence-corrected chi connectivity index (χ2v) is 6.68. The summed E-state index contributed by atoms with van der Waals surface area (Å²) in [7, 11) is 0. The van der Waals surface area contributed by atoms with Crippen molar-refractivity contribution in [2.75, 3.05) is 13.2 Å². The van der Waals surface area contributed by atoms with Gasteiger partial charge in [-0.3, -0.25) is 9.59 Å². The van der Waals surface area contributed by atoms with E-state index in [0.29, 0.717) is 31.1 Å². The van der Waals surface area contributed by atoms with Gasteiger partial charge in [-0.2, -0.15) is 0 Å². The summed E-state index contributed by atoms with van der Waals surface area (Å²) in [5, 5.41) is 3.52. The Hall–Kier alpha value is -1.59.